The number of sulfone groups is 1. The number of nitrogens with one attached hydrogen (secondary N) is 1. The number of anilines is 2. The Morgan fingerprint density at radius 2 is 2.05 bits per heavy atom. The lowest BCUT2D eigenvalue weighted by Gasteiger charge is -2.15. The summed E-state index contributed by atoms with van der Waals surface area (Å²) in [6.45, 7) is 2.04. The Labute approximate surface area is 128 Å². The smallest absolute Gasteiger partial charge is 0.180 e. The van der Waals surface area contributed by atoms with Gasteiger partial charge in [0.25, 0.3) is 0 Å². The molecule has 1 unspecified atom stereocenters. The van der Waals surface area contributed by atoms with Crippen LogP contribution in [0.1, 0.15) is 16.6 Å². The third-order valence-corrected chi connectivity index (χ3v) is 5.33. The first kappa shape index (κ1) is 17.9. The van der Waals surface area contributed by atoms with Gasteiger partial charge in [-0.2, -0.15) is 0 Å². The molecule has 1 aromatic heterocycles. The van der Waals surface area contributed by atoms with E-state index in [0.717, 1.165) is 17.6 Å². The van der Waals surface area contributed by atoms with E-state index in [2.05, 4.69) is 5.32 Å². The van der Waals surface area contributed by atoms with Crippen molar-refractivity contribution in [3.8, 4) is 0 Å². The first-order valence-electron chi connectivity index (χ1n) is 6.11. The molecule has 0 saturated carbocycles. The van der Waals surface area contributed by atoms with Crippen LogP contribution in [0.15, 0.2) is 4.90 Å². The van der Waals surface area contributed by atoms with Gasteiger partial charge in [-0.25, -0.2) is 8.42 Å². The van der Waals surface area contributed by atoms with Gasteiger partial charge in [-0.15, -0.1) is 11.3 Å². The maximum Gasteiger partial charge on any atom is 0.180 e. The fraction of sp³-hybridized carbons (Fsp3) is 0.583. The standard InChI is InChI=1S/C12H20N2O5S2/c1-7(15)10-9(13)11(21(4,16)17)12(20-10)14-5-8(19-3)6-18-2/h8,14H,5-6,13H2,1-4H3. The number of hydrogen-bond acceptors (Lipinski definition) is 8. The average molecular weight is 336 g/mol. The molecular formula is C12H20N2O5S2. The van der Waals surface area contributed by atoms with Crippen molar-refractivity contribution in [2.24, 2.45) is 0 Å². The molecule has 9 heteroatoms. The van der Waals surface area contributed by atoms with Crippen LogP contribution in [-0.4, -0.2) is 53.9 Å². The number of nitrogen functional groups attached to an aromatic ring is 1. The summed E-state index contributed by atoms with van der Waals surface area (Å²) in [6, 6.07) is 0. The maximum absolute atomic E-state index is 11.9. The third-order valence-electron chi connectivity index (χ3n) is 2.77. The number of Topliss-reactive ketones (excluding diaryl/α,β-unsaturated/α-hetero) is 1. The van der Waals surface area contributed by atoms with Crippen molar-refractivity contribution in [2.75, 3.05) is 44.7 Å². The zero-order valence-electron chi connectivity index (χ0n) is 12.4. The van der Waals surface area contributed by atoms with Gasteiger partial charge in [0.2, 0.25) is 0 Å². The lowest BCUT2D eigenvalue weighted by Crippen LogP contribution is -2.26. The summed E-state index contributed by atoms with van der Waals surface area (Å²) in [6.07, 6.45) is 0.815. The summed E-state index contributed by atoms with van der Waals surface area (Å²) in [4.78, 5) is 11.7. The molecule has 0 bridgehead atoms. The molecule has 7 nitrogen and oxygen atoms in total. The van der Waals surface area contributed by atoms with Crippen LogP contribution in [0.25, 0.3) is 0 Å². The van der Waals surface area contributed by atoms with Crippen molar-refractivity contribution in [1.82, 2.24) is 0 Å². The Balaban J connectivity index is 3.11. The van der Waals surface area contributed by atoms with Gasteiger partial charge in [0.1, 0.15) is 9.90 Å². The highest BCUT2D eigenvalue weighted by atomic mass is 32.2. The van der Waals surface area contributed by atoms with Crippen LogP contribution >= 0.6 is 11.3 Å². The molecule has 21 heavy (non-hydrogen) atoms. The van der Waals surface area contributed by atoms with Crippen LogP contribution in [0, 0.1) is 0 Å². The maximum atomic E-state index is 11.9. The topological polar surface area (TPSA) is 108 Å². The van der Waals surface area contributed by atoms with Crippen molar-refractivity contribution in [2.45, 2.75) is 17.9 Å². The Morgan fingerprint density at radius 1 is 1.43 bits per heavy atom. The molecule has 1 atom stereocenters. The minimum absolute atomic E-state index is 0.00166. The van der Waals surface area contributed by atoms with E-state index in [0.29, 0.717) is 18.2 Å². The highest BCUT2D eigenvalue weighted by molar-refractivity contribution is 7.91. The molecule has 0 spiro atoms. The second kappa shape index (κ2) is 7.21. The quantitative estimate of drug-likeness (QED) is 0.682. The number of ether oxygens (including phenoxy) is 2. The minimum atomic E-state index is -3.55. The van der Waals surface area contributed by atoms with E-state index in [-0.39, 0.29) is 27.3 Å². The van der Waals surface area contributed by atoms with Crippen LogP contribution in [-0.2, 0) is 19.3 Å². The van der Waals surface area contributed by atoms with Crippen LogP contribution < -0.4 is 11.1 Å². The Kier molecular flexibility index (Phi) is 6.14. The second-order valence-corrected chi connectivity index (χ2v) is 7.50. The van der Waals surface area contributed by atoms with Crippen molar-refractivity contribution < 1.29 is 22.7 Å². The number of nitrogens with two attached hydrogens (primary N) is 1. The van der Waals surface area contributed by atoms with E-state index in [1.165, 1.54) is 14.0 Å². The molecular weight excluding hydrogens is 316 g/mol. The van der Waals surface area contributed by atoms with Crippen molar-refractivity contribution in [3.63, 3.8) is 0 Å². The number of ketones is 1. The van der Waals surface area contributed by atoms with Crippen LogP contribution in [0.5, 0.6) is 0 Å². The summed E-state index contributed by atoms with van der Waals surface area (Å²) in [5.41, 5.74) is 5.80. The van der Waals surface area contributed by atoms with Crippen molar-refractivity contribution >= 4 is 37.6 Å². The first-order chi connectivity index (χ1) is 9.72. The number of hydrogen-bond donors (Lipinski definition) is 2. The fourth-order valence-corrected chi connectivity index (χ4v) is 4.25. The predicted octanol–water partition coefficient (Wildman–Crippen LogP) is 1.01. The van der Waals surface area contributed by atoms with Gasteiger partial charge in [0, 0.05) is 33.9 Å². The van der Waals surface area contributed by atoms with Gasteiger partial charge in [0.15, 0.2) is 15.6 Å². The van der Waals surface area contributed by atoms with Gasteiger partial charge in [0.05, 0.1) is 23.3 Å². The number of carbonyl (C=O) groups is 1. The lowest BCUT2D eigenvalue weighted by atomic mass is 10.3. The van der Waals surface area contributed by atoms with Crippen LogP contribution in [0.2, 0.25) is 0 Å². The molecule has 1 heterocycles. The molecule has 1 rings (SSSR count). The van der Waals surface area contributed by atoms with Crippen LogP contribution in [0.4, 0.5) is 10.7 Å². The van der Waals surface area contributed by atoms with Gasteiger partial charge in [-0.05, 0) is 0 Å². The lowest BCUT2D eigenvalue weighted by molar-refractivity contribution is 0.0366. The molecule has 0 amide bonds. The van der Waals surface area contributed by atoms with E-state index in [1.54, 1.807) is 7.11 Å². The molecule has 0 aliphatic rings. The third kappa shape index (κ3) is 4.40. The summed E-state index contributed by atoms with van der Waals surface area (Å²) >= 11 is 1.03. The summed E-state index contributed by atoms with van der Waals surface area (Å²) in [7, 11) is -0.464. The van der Waals surface area contributed by atoms with Crippen LogP contribution in [0.3, 0.4) is 0 Å². The van der Waals surface area contributed by atoms with Gasteiger partial charge >= 0.3 is 0 Å². The number of thiophene rings is 1. The van der Waals surface area contributed by atoms with E-state index >= 15 is 0 Å². The van der Waals surface area contributed by atoms with E-state index < -0.39 is 9.84 Å². The Hall–Kier alpha value is -1.16. The van der Waals surface area contributed by atoms with Gasteiger partial charge in [-0.1, -0.05) is 0 Å². The highest BCUT2D eigenvalue weighted by Crippen LogP contribution is 2.39. The first-order valence-corrected chi connectivity index (χ1v) is 8.82. The van der Waals surface area contributed by atoms with E-state index in [9.17, 15) is 13.2 Å². The van der Waals surface area contributed by atoms with Gasteiger partial charge in [-0.3, -0.25) is 4.79 Å². The predicted molar refractivity (Wildman–Crippen MR) is 83.0 cm³/mol. The minimum Gasteiger partial charge on any atom is -0.396 e. The van der Waals surface area contributed by atoms with E-state index in [4.69, 9.17) is 15.2 Å². The van der Waals surface area contributed by atoms with Gasteiger partial charge < -0.3 is 20.5 Å². The Morgan fingerprint density at radius 3 is 2.48 bits per heavy atom. The summed E-state index contributed by atoms with van der Waals surface area (Å²) in [5.74, 6) is -0.268. The summed E-state index contributed by atoms with van der Waals surface area (Å²) < 4.78 is 33.9. The molecule has 0 aromatic carbocycles. The number of carbonyl (C=O) groups excluding carboxylic acids is 1. The molecule has 120 valence electrons. The number of rotatable bonds is 8. The molecule has 1 aromatic rings. The largest absolute Gasteiger partial charge is 0.396 e. The number of methoxy groups -OCH3 is 2. The zero-order valence-corrected chi connectivity index (χ0v) is 14.1. The fourth-order valence-electron chi connectivity index (χ4n) is 1.78. The van der Waals surface area contributed by atoms with Crippen molar-refractivity contribution in [1.29, 1.82) is 0 Å². The van der Waals surface area contributed by atoms with E-state index in [1.807, 2.05) is 0 Å². The SMILES string of the molecule is COCC(CNc1sc(C(C)=O)c(N)c1S(C)(=O)=O)OC. The molecule has 0 aliphatic heterocycles. The van der Waals surface area contributed by atoms with Crippen molar-refractivity contribution in [3.05, 3.63) is 4.88 Å². The molecule has 0 fully saturated rings. The molecule has 0 radical (unpaired) electrons. The second-order valence-electron chi connectivity index (χ2n) is 4.53. The molecule has 3 N–H and O–H groups in total. The zero-order chi connectivity index (χ0) is 16.2. The highest BCUT2D eigenvalue weighted by Gasteiger charge is 2.26. The molecule has 0 saturated heterocycles. The monoisotopic (exact) mass is 336 g/mol. The summed E-state index contributed by atoms with van der Waals surface area (Å²) in [5, 5.41) is 3.32. The Bertz CT molecular complexity index is 609. The normalized spacial score (nSPS) is 13.1. The average Bonchev–Trinajstić information content (AvgIpc) is 2.71. The molecule has 0 aliphatic carbocycles.